The van der Waals surface area contributed by atoms with Crippen molar-refractivity contribution in [2.75, 3.05) is 26.7 Å². The highest BCUT2D eigenvalue weighted by Crippen LogP contribution is 2.34. The molecule has 2 heterocycles. The first-order valence-corrected chi connectivity index (χ1v) is 11.0. The summed E-state index contributed by atoms with van der Waals surface area (Å²) in [6, 6.07) is 6.66. The SMILES string of the molecule is CCCCN(C)C(=O)c1ccccc1S(=O)(=O)N1C2CCNCC1CC2. The fourth-order valence-corrected chi connectivity index (χ4v) is 6.10. The average Bonchev–Trinajstić information content (AvgIpc) is 2.92. The van der Waals surface area contributed by atoms with Gasteiger partial charge in [0.25, 0.3) is 5.91 Å². The third kappa shape index (κ3) is 3.66. The molecule has 1 amide bonds. The molecule has 0 aromatic heterocycles. The van der Waals surface area contributed by atoms with Gasteiger partial charge in [0.05, 0.1) is 10.5 Å². The van der Waals surface area contributed by atoms with E-state index in [4.69, 9.17) is 0 Å². The lowest BCUT2D eigenvalue weighted by atomic mass is 10.1. The molecule has 2 unspecified atom stereocenters. The van der Waals surface area contributed by atoms with E-state index < -0.39 is 10.0 Å². The molecule has 2 bridgehead atoms. The van der Waals surface area contributed by atoms with Crippen molar-refractivity contribution in [2.45, 2.75) is 56.0 Å². The molecule has 2 saturated heterocycles. The smallest absolute Gasteiger partial charge is 0.254 e. The first-order valence-electron chi connectivity index (χ1n) is 9.55. The number of rotatable bonds is 6. The Morgan fingerprint density at radius 2 is 1.96 bits per heavy atom. The van der Waals surface area contributed by atoms with Gasteiger partial charge in [0.15, 0.2) is 0 Å². The maximum atomic E-state index is 13.5. The fraction of sp³-hybridized carbons (Fsp3) is 0.632. The zero-order valence-corrected chi connectivity index (χ0v) is 16.5. The first-order chi connectivity index (χ1) is 12.5. The fourth-order valence-electron chi connectivity index (χ4n) is 4.02. The van der Waals surface area contributed by atoms with Crippen LogP contribution in [0.3, 0.4) is 0 Å². The molecule has 0 aliphatic carbocycles. The average molecular weight is 380 g/mol. The lowest BCUT2D eigenvalue weighted by Crippen LogP contribution is -2.43. The van der Waals surface area contributed by atoms with Crippen LogP contribution in [0, 0.1) is 0 Å². The van der Waals surface area contributed by atoms with E-state index in [9.17, 15) is 13.2 Å². The number of unbranched alkanes of at least 4 members (excludes halogenated alkanes) is 1. The maximum Gasteiger partial charge on any atom is 0.254 e. The predicted molar refractivity (Wildman–Crippen MR) is 102 cm³/mol. The van der Waals surface area contributed by atoms with Gasteiger partial charge in [-0.1, -0.05) is 25.5 Å². The van der Waals surface area contributed by atoms with E-state index in [2.05, 4.69) is 12.2 Å². The molecule has 0 saturated carbocycles. The van der Waals surface area contributed by atoms with E-state index in [-0.39, 0.29) is 28.4 Å². The van der Waals surface area contributed by atoms with E-state index in [0.29, 0.717) is 13.1 Å². The van der Waals surface area contributed by atoms with Crippen molar-refractivity contribution in [3.05, 3.63) is 29.8 Å². The van der Waals surface area contributed by atoms with Gasteiger partial charge >= 0.3 is 0 Å². The minimum absolute atomic E-state index is 0.0199. The molecule has 7 heteroatoms. The summed E-state index contributed by atoms with van der Waals surface area (Å²) in [4.78, 5) is 14.6. The van der Waals surface area contributed by atoms with Gasteiger partial charge in [-0.2, -0.15) is 4.31 Å². The van der Waals surface area contributed by atoms with E-state index in [1.54, 1.807) is 40.5 Å². The van der Waals surface area contributed by atoms with Crippen molar-refractivity contribution in [2.24, 2.45) is 0 Å². The number of hydrogen-bond donors (Lipinski definition) is 1. The van der Waals surface area contributed by atoms with Crippen molar-refractivity contribution in [1.29, 1.82) is 0 Å². The van der Waals surface area contributed by atoms with E-state index in [1.165, 1.54) is 0 Å². The minimum atomic E-state index is -3.71. The van der Waals surface area contributed by atoms with Gasteiger partial charge in [-0.3, -0.25) is 4.79 Å². The Bertz CT molecular complexity index is 736. The number of benzene rings is 1. The van der Waals surface area contributed by atoms with Crippen molar-refractivity contribution in [3.63, 3.8) is 0 Å². The Labute approximate surface area is 156 Å². The Balaban J connectivity index is 1.95. The molecule has 1 aromatic carbocycles. The lowest BCUT2D eigenvalue weighted by Gasteiger charge is -2.28. The highest BCUT2D eigenvalue weighted by atomic mass is 32.2. The van der Waals surface area contributed by atoms with Crippen molar-refractivity contribution < 1.29 is 13.2 Å². The molecule has 1 N–H and O–H groups in total. The molecule has 26 heavy (non-hydrogen) atoms. The predicted octanol–water partition coefficient (Wildman–Crippen LogP) is 2.07. The van der Waals surface area contributed by atoms with Crippen LogP contribution in [0.2, 0.25) is 0 Å². The van der Waals surface area contributed by atoms with Crippen LogP contribution in [0.4, 0.5) is 0 Å². The summed E-state index contributed by atoms with van der Waals surface area (Å²) in [7, 11) is -1.97. The number of nitrogens with zero attached hydrogens (tertiary/aromatic N) is 2. The lowest BCUT2D eigenvalue weighted by molar-refractivity contribution is 0.0789. The number of sulfonamides is 1. The van der Waals surface area contributed by atoms with E-state index >= 15 is 0 Å². The van der Waals surface area contributed by atoms with E-state index in [0.717, 1.165) is 38.6 Å². The van der Waals surface area contributed by atoms with Crippen molar-refractivity contribution >= 4 is 15.9 Å². The molecular weight excluding hydrogens is 350 g/mol. The second-order valence-electron chi connectivity index (χ2n) is 7.29. The zero-order chi connectivity index (χ0) is 18.7. The van der Waals surface area contributed by atoms with Gasteiger partial charge in [-0.15, -0.1) is 0 Å². The molecule has 2 fully saturated rings. The normalized spacial score (nSPS) is 23.6. The van der Waals surface area contributed by atoms with Gasteiger partial charge in [0.1, 0.15) is 0 Å². The molecule has 1 aromatic rings. The summed E-state index contributed by atoms with van der Waals surface area (Å²) < 4.78 is 28.7. The van der Waals surface area contributed by atoms with Gasteiger partial charge < -0.3 is 10.2 Å². The molecule has 6 nitrogen and oxygen atoms in total. The van der Waals surface area contributed by atoms with Crippen LogP contribution in [0.1, 0.15) is 49.4 Å². The summed E-state index contributed by atoms with van der Waals surface area (Å²) >= 11 is 0. The molecule has 0 radical (unpaired) electrons. The summed E-state index contributed by atoms with van der Waals surface area (Å²) in [5.74, 6) is -0.224. The topological polar surface area (TPSA) is 69.7 Å². The number of hydrogen-bond acceptors (Lipinski definition) is 4. The first kappa shape index (κ1) is 19.3. The van der Waals surface area contributed by atoms with Crippen LogP contribution in [-0.2, 0) is 10.0 Å². The quantitative estimate of drug-likeness (QED) is 0.822. The largest absolute Gasteiger partial charge is 0.342 e. The number of carbonyl (C=O) groups is 1. The van der Waals surface area contributed by atoms with E-state index in [1.807, 2.05) is 0 Å². The van der Waals surface area contributed by atoms with Crippen LogP contribution in [0.15, 0.2) is 29.2 Å². The van der Waals surface area contributed by atoms with Gasteiger partial charge in [0, 0.05) is 32.2 Å². The Morgan fingerprint density at radius 3 is 2.73 bits per heavy atom. The molecule has 2 aliphatic rings. The maximum absolute atomic E-state index is 13.5. The third-order valence-electron chi connectivity index (χ3n) is 5.45. The highest BCUT2D eigenvalue weighted by molar-refractivity contribution is 7.89. The standard InChI is InChI=1S/C19H29N3O3S/c1-3-4-13-21(2)19(23)17-7-5-6-8-18(17)26(24,25)22-15-9-10-16(22)14-20-12-11-15/h5-8,15-16,20H,3-4,9-14H2,1-2H3. The molecule has 2 aliphatic heterocycles. The van der Waals surface area contributed by atoms with Crippen LogP contribution >= 0.6 is 0 Å². The van der Waals surface area contributed by atoms with Gasteiger partial charge in [-0.05, 0) is 44.4 Å². The Morgan fingerprint density at radius 1 is 1.23 bits per heavy atom. The number of carbonyl (C=O) groups excluding carboxylic acids is 1. The zero-order valence-electron chi connectivity index (χ0n) is 15.6. The van der Waals surface area contributed by atoms with Gasteiger partial charge in [0.2, 0.25) is 10.0 Å². The number of fused-ring (bicyclic) bond motifs is 2. The number of amides is 1. The molecular formula is C19H29N3O3S. The van der Waals surface area contributed by atoms with Crippen LogP contribution in [0.5, 0.6) is 0 Å². The molecule has 3 rings (SSSR count). The van der Waals surface area contributed by atoms with Crippen LogP contribution < -0.4 is 5.32 Å². The monoisotopic (exact) mass is 379 g/mol. The molecule has 144 valence electrons. The summed E-state index contributed by atoms with van der Waals surface area (Å²) in [5.41, 5.74) is 0.280. The summed E-state index contributed by atoms with van der Waals surface area (Å²) in [6.07, 6.45) is 4.49. The third-order valence-corrected chi connectivity index (χ3v) is 7.52. The Kier molecular flexibility index (Phi) is 5.99. The minimum Gasteiger partial charge on any atom is -0.342 e. The van der Waals surface area contributed by atoms with Crippen molar-refractivity contribution in [3.8, 4) is 0 Å². The molecule has 0 spiro atoms. The Hall–Kier alpha value is -1.44. The molecule has 2 atom stereocenters. The summed E-state index contributed by atoms with van der Waals surface area (Å²) in [6.45, 7) is 4.22. The second kappa shape index (κ2) is 8.06. The van der Waals surface area contributed by atoms with Crippen LogP contribution in [0.25, 0.3) is 0 Å². The second-order valence-corrected chi connectivity index (χ2v) is 9.10. The van der Waals surface area contributed by atoms with Gasteiger partial charge in [-0.25, -0.2) is 8.42 Å². The summed E-state index contributed by atoms with van der Waals surface area (Å²) in [5, 5.41) is 3.33. The number of nitrogens with one attached hydrogen (secondary N) is 1. The highest BCUT2D eigenvalue weighted by Gasteiger charge is 2.44. The van der Waals surface area contributed by atoms with Crippen molar-refractivity contribution in [1.82, 2.24) is 14.5 Å². The van der Waals surface area contributed by atoms with Crippen LogP contribution in [-0.4, -0.2) is 62.3 Å².